The van der Waals surface area contributed by atoms with Crippen LogP contribution in [0.4, 0.5) is 5.82 Å². The average Bonchev–Trinajstić information content (AvgIpc) is 3.33. The van der Waals surface area contributed by atoms with Crippen molar-refractivity contribution in [3.8, 4) is 11.1 Å². The van der Waals surface area contributed by atoms with Gasteiger partial charge in [-0.05, 0) is 43.2 Å². The van der Waals surface area contributed by atoms with E-state index in [1.54, 1.807) is 25.3 Å². The largest absolute Gasteiger partial charge is 0.357 e. The first-order chi connectivity index (χ1) is 15.5. The molecule has 1 N–H and O–H groups in total. The van der Waals surface area contributed by atoms with Crippen molar-refractivity contribution in [2.24, 2.45) is 12.4 Å². The van der Waals surface area contributed by atoms with Crippen LogP contribution in [0.15, 0.2) is 40.4 Å². The Bertz CT molecular complexity index is 1390. The van der Waals surface area contributed by atoms with Crippen molar-refractivity contribution < 1.29 is 12.5 Å². The molecule has 0 bridgehead atoms. The summed E-state index contributed by atoms with van der Waals surface area (Å²) in [6.45, 7) is 0.487. The first kappa shape index (κ1) is 16.1. The van der Waals surface area contributed by atoms with Crippen molar-refractivity contribution in [3.63, 3.8) is 0 Å². The molecule has 1 saturated carbocycles. The van der Waals surface area contributed by atoms with E-state index in [0.717, 1.165) is 30.5 Å². The summed E-state index contributed by atoms with van der Waals surface area (Å²) in [4.78, 5) is 22.5. The molecule has 1 spiro atoms. The monoisotopic (exact) mass is 429 g/mol. The molecule has 4 heterocycles. The lowest BCUT2D eigenvalue weighted by Crippen LogP contribution is -2.35. The van der Waals surface area contributed by atoms with Gasteiger partial charge >= 0.3 is 0 Å². The van der Waals surface area contributed by atoms with Crippen molar-refractivity contribution in [2.75, 3.05) is 23.7 Å². The number of aromatic nitrogens is 3. The number of hydrogen-bond donors (Lipinski definition) is 1. The SMILES string of the molecule is [2H]C([2H])([2H])n1cc(-c2cc(S(=O)(=O)CC)cnc2N2CCC3(CC2)CC3)c2cc[nH]c2c1=O. The first-order valence-electron chi connectivity index (χ1n) is 11.8. The third-order valence-corrected chi connectivity index (χ3v) is 8.38. The van der Waals surface area contributed by atoms with E-state index in [1.165, 1.54) is 25.2 Å². The fraction of sp³-hybridized carbons (Fsp3) is 0.455. The van der Waals surface area contributed by atoms with Crippen LogP contribution < -0.4 is 10.5 Å². The lowest BCUT2D eigenvalue weighted by atomic mass is 9.93. The van der Waals surface area contributed by atoms with E-state index in [0.29, 0.717) is 27.7 Å². The number of aryl methyl sites for hydroxylation is 1. The highest BCUT2D eigenvalue weighted by Gasteiger charge is 2.44. The second kappa shape index (κ2) is 6.70. The van der Waals surface area contributed by atoms with E-state index in [-0.39, 0.29) is 16.2 Å². The van der Waals surface area contributed by atoms with Crippen LogP contribution in [-0.2, 0) is 16.8 Å². The molecule has 158 valence electrons. The summed E-state index contributed by atoms with van der Waals surface area (Å²) in [7, 11) is -3.54. The van der Waals surface area contributed by atoms with Crippen LogP contribution >= 0.6 is 0 Å². The Hall–Kier alpha value is -2.61. The fourth-order valence-electron chi connectivity index (χ4n) is 4.46. The molecule has 1 aliphatic carbocycles. The second-order valence-electron chi connectivity index (χ2n) is 8.42. The molecule has 3 aromatic heterocycles. The topological polar surface area (TPSA) is 88.1 Å². The van der Waals surface area contributed by atoms with Crippen molar-refractivity contribution >= 4 is 26.6 Å². The maximum atomic E-state index is 12.8. The summed E-state index contributed by atoms with van der Waals surface area (Å²) >= 11 is 0. The number of hydrogen-bond acceptors (Lipinski definition) is 5. The van der Waals surface area contributed by atoms with Gasteiger partial charge in [-0.25, -0.2) is 13.4 Å². The van der Waals surface area contributed by atoms with Crippen molar-refractivity contribution in [2.45, 2.75) is 37.5 Å². The lowest BCUT2D eigenvalue weighted by molar-refractivity contribution is 0.383. The molecule has 3 aromatic rings. The number of pyridine rings is 2. The van der Waals surface area contributed by atoms with Gasteiger partial charge in [-0.1, -0.05) is 6.92 Å². The first-order valence-corrected chi connectivity index (χ1v) is 11.9. The molecule has 0 amide bonds. The molecule has 8 heteroatoms. The number of fused-ring (bicyclic) bond motifs is 1. The highest BCUT2D eigenvalue weighted by atomic mass is 32.2. The summed E-state index contributed by atoms with van der Waals surface area (Å²) in [5, 5.41) is 0.533. The number of aromatic amines is 1. The third kappa shape index (κ3) is 3.05. The van der Waals surface area contributed by atoms with Gasteiger partial charge in [-0.15, -0.1) is 0 Å². The minimum atomic E-state index is -3.54. The zero-order valence-corrected chi connectivity index (χ0v) is 17.6. The molecule has 0 aromatic carbocycles. The van der Waals surface area contributed by atoms with E-state index in [4.69, 9.17) is 4.11 Å². The Kier molecular flexibility index (Phi) is 3.60. The minimum absolute atomic E-state index is 0.0754. The summed E-state index contributed by atoms with van der Waals surface area (Å²) in [5.74, 6) is 0.535. The van der Waals surface area contributed by atoms with Gasteiger partial charge in [-0.3, -0.25) is 4.79 Å². The van der Waals surface area contributed by atoms with Gasteiger partial charge in [0.25, 0.3) is 5.56 Å². The molecular formula is C22H26N4O3S. The lowest BCUT2D eigenvalue weighted by Gasteiger charge is -2.34. The highest BCUT2D eigenvalue weighted by Crippen LogP contribution is 2.54. The Morgan fingerprint density at radius 2 is 2.00 bits per heavy atom. The van der Waals surface area contributed by atoms with E-state index in [9.17, 15) is 13.2 Å². The number of rotatable bonds is 4. The Morgan fingerprint density at radius 1 is 1.23 bits per heavy atom. The van der Waals surface area contributed by atoms with Crippen molar-refractivity contribution in [1.29, 1.82) is 0 Å². The van der Waals surface area contributed by atoms with Gasteiger partial charge in [0.1, 0.15) is 11.3 Å². The van der Waals surface area contributed by atoms with Crippen LogP contribution in [0.3, 0.4) is 0 Å². The number of nitrogens with zero attached hydrogens (tertiary/aromatic N) is 3. The second-order valence-corrected chi connectivity index (χ2v) is 10.7. The molecule has 2 fully saturated rings. The quantitative estimate of drug-likeness (QED) is 0.689. The van der Waals surface area contributed by atoms with Gasteiger partial charge in [0.15, 0.2) is 9.84 Å². The van der Waals surface area contributed by atoms with Gasteiger partial charge in [0.05, 0.1) is 10.6 Å². The Labute approximate surface area is 179 Å². The van der Waals surface area contributed by atoms with Crippen molar-refractivity contribution in [3.05, 3.63) is 41.1 Å². The number of anilines is 1. The van der Waals surface area contributed by atoms with Crippen LogP contribution in [0.25, 0.3) is 22.0 Å². The van der Waals surface area contributed by atoms with E-state index >= 15 is 0 Å². The molecular weight excluding hydrogens is 400 g/mol. The zero-order valence-electron chi connectivity index (χ0n) is 19.8. The molecule has 7 nitrogen and oxygen atoms in total. The minimum Gasteiger partial charge on any atom is -0.357 e. The normalized spacial score (nSPS) is 20.2. The van der Waals surface area contributed by atoms with Gasteiger partial charge < -0.3 is 14.5 Å². The molecule has 0 radical (unpaired) electrons. The van der Waals surface area contributed by atoms with Gasteiger partial charge in [0.2, 0.25) is 0 Å². The number of sulfone groups is 1. The van der Waals surface area contributed by atoms with E-state index in [1.807, 2.05) is 0 Å². The van der Waals surface area contributed by atoms with E-state index in [2.05, 4.69) is 14.9 Å². The molecule has 0 unspecified atom stereocenters. The predicted octanol–water partition coefficient (Wildman–Crippen LogP) is 3.10. The fourth-order valence-corrected chi connectivity index (χ4v) is 5.30. The van der Waals surface area contributed by atoms with Crippen LogP contribution in [-0.4, -0.2) is 41.8 Å². The Morgan fingerprint density at radius 3 is 2.67 bits per heavy atom. The molecule has 1 aliphatic heterocycles. The molecule has 2 aliphatic rings. The third-order valence-electron chi connectivity index (χ3n) is 6.68. The molecule has 1 saturated heterocycles. The summed E-state index contributed by atoms with van der Waals surface area (Å²) in [6.07, 6.45) is 8.88. The number of H-pyrrole nitrogens is 1. The van der Waals surface area contributed by atoms with Gasteiger partial charge in [0, 0.05) is 59.3 Å². The smallest absolute Gasteiger partial charge is 0.274 e. The van der Waals surface area contributed by atoms with Crippen LogP contribution in [0, 0.1) is 5.41 Å². The van der Waals surface area contributed by atoms with Crippen LogP contribution in [0.5, 0.6) is 0 Å². The maximum Gasteiger partial charge on any atom is 0.274 e. The number of nitrogens with one attached hydrogen (secondary N) is 1. The highest BCUT2D eigenvalue weighted by molar-refractivity contribution is 7.91. The van der Waals surface area contributed by atoms with E-state index < -0.39 is 22.4 Å². The van der Waals surface area contributed by atoms with Crippen molar-refractivity contribution in [1.82, 2.24) is 14.5 Å². The molecule has 30 heavy (non-hydrogen) atoms. The maximum absolute atomic E-state index is 12.8. The van der Waals surface area contributed by atoms with Crippen LogP contribution in [0.1, 0.15) is 36.7 Å². The molecule has 5 rings (SSSR count). The number of piperidine rings is 1. The summed E-state index contributed by atoms with van der Waals surface area (Å²) in [6, 6.07) is 3.27. The van der Waals surface area contributed by atoms with Gasteiger partial charge in [-0.2, -0.15) is 0 Å². The Balaban J connectivity index is 1.75. The zero-order chi connectivity index (χ0) is 23.6. The molecule has 0 atom stereocenters. The predicted molar refractivity (Wildman–Crippen MR) is 118 cm³/mol. The summed E-state index contributed by atoms with van der Waals surface area (Å²) < 4.78 is 49.5. The summed E-state index contributed by atoms with van der Waals surface area (Å²) in [5.41, 5.74) is 0.932. The average molecular weight is 430 g/mol. The standard InChI is InChI=1S/C22H26N4O3S/c1-3-30(28,29)15-12-17(18-14-25(2)21(27)19-16(18)4-9-23-19)20(24-13-15)26-10-7-22(5-6-22)8-11-26/h4,9,12-14,23H,3,5-8,10-11H2,1-2H3/i2D3. The van der Waals surface area contributed by atoms with Crippen LogP contribution in [0.2, 0.25) is 0 Å².